The fraction of sp³-hybridized carbons (Fsp3) is 0.579. The molecule has 6 nitrogen and oxygen atoms in total. The first kappa shape index (κ1) is 21.0. The van der Waals surface area contributed by atoms with Crippen LogP contribution in [0.5, 0.6) is 0 Å². The Morgan fingerprint density at radius 1 is 1.23 bits per heavy atom. The van der Waals surface area contributed by atoms with Gasteiger partial charge in [-0.25, -0.2) is 4.99 Å². The van der Waals surface area contributed by atoms with Gasteiger partial charge in [0.1, 0.15) is 6.10 Å². The van der Waals surface area contributed by atoms with Crippen molar-refractivity contribution in [3.05, 3.63) is 29.8 Å². The molecule has 0 aromatic heterocycles. The lowest BCUT2D eigenvalue weighted by molar-refractivity contribution is -0.124. The second-order valence-electron chi connectivity index (χ2n) is 6.77. The number of carbonyl (C=O) groups excluding carboxylic acids is 1. The molecule has 1 unspecified atom stereocenters. The summed E-state index contributed by atoms with van der Waals surface area (Å²) in [6.45, 7) is 3.17. The maximum atomic E-state index is 12.1. The van der Waals surface area contributed by atoms with E-state index in [4.69, 9.17) is 10.5 Å². The van der Waals surface area contributed by atoms with Crippen LogP contribution in [0.15, 0.2) is 29.3 Å². The van der Waals surface area contributed by atoms with Gasteiger partial charge < -0.3 is 20.7 Å². The number of carbonyl (C=O) groups is 1. The Balaban J connectivity index is 0.00000243. The van der Waals surface area contributed by atoms with Crippen molar-refractivity contribution >= 4 is 41.5 Å². The first-order valence-corrected chi connectivity index (χ1v) is 9.28. The summed E-state index contributed by atoms with van der Waals surface area (Å²) >= 11 is 0. The average Bonchev–Trinajstić information content (AvgIpc) is 3.03. The summed E-state index contributed by atoms with van der Waals surface area (Å²) in [6, 6.07) is 7.77. The SMILES string of the molecule is I.NC(=NCc1cccc(NC(=O)C2CCCO2)c1)N1CCCCCC1. The van der Waals surface area contributed by atoms with Gasteiger partial charge in [0.2, 0.25) is 0 Å². The van der Waals surface area contributed by atoms with Crippen molar-refractivity contribution in [3.63, 3.8) is 0 Å². The molecule has 1 atom stereocenters. The molecule has 3 rings (SSSR count). The Bertz CT molecular complexity index is 609. The average molecular weight is 472 g/mol. The first-order valence-electron chi connectivity index (χ1n) is 9.28. The van der Waals surface area contributed by atoms with Crippen molar-refractivity contribution in [2.75, 3.05) is 25.0 Å². The highest BCUT2D eigenvalue weighted by molar-refractivity contribution is 14.0. The number of hydrogen-bond donors (Lipinski definition) is 2. The van der Waals surface area contributed by atoms with Gasteiger partial charge in [-0.15, -0.1) is 24.0 Å². The normalized spacial score (nSPS) is 21.0. The topological polar surface area (TPSA) is 79.9 Å². The van der Waals surface area contributed by atoms with E-state index in [-0.39, 0.29) is 36.0 Å². The maximum Gasteiger partial charge on any atom is 0.253 e. The predicted octanol–water partition coefficient (Wildman–Crippen LogP) is 3.11. The van der Waals surface area contributed by atoms with E-state index in [9.17, 15) is 4.79 Å². The third-order valence-corrected chi connectivity index (χ3v) is 4.77. The Morgan fingerprint density at radius 3 is 2.69 bits per heavy atom. The highest BCUT2D eigenvalue weighted by atomic mass is 127. The lowest BCUT2D eigenvalue weighted by atomic mass is 10.2. The van der Waals surface area contributed by atoms with Crippen molar-refractivity contribution in [2.45, 2.75) is 51.2 Å². The Labute approximate surface area is 172 Å². The zero-order valence-corrected chi connectivity index (χ0v) is 17.5. The van der Waals surface area contributed by atoms with E-state index in [2.05, 4.69) is 15.2 Å². The number of nitrogens with two attached hydrogens (primary N) is 1. The highest BCUT2D eigenvalue weighted by Crippen LogP contribution is 2.17. The molecule has 0 radical (unpaired) electrons. The summed E-state index contributed by atoms with van der Waals surface area (Å²) < 4.78 is 5.42. The molecule has 1 amide bonds. The number of ether oxygens (including phenoxy) is 1. The van der Waals surface area contributed by atoms with E-state index in [1.165, 1.54) is 25.7 Å². The van der Waals surface area contributed by atoms with E-state index in [0.29, 0.717) is 19.1 Å². The second kappa shape index (κ2) is 10.7. The zero-order valence-electron chi connectivity index (χ0n) is 15.2. The summed E-state index contributed by atoms with van der Waals surface area (Å²) in [5, 5.41) is 2.93. The number of benzene rings is 1. The molecule has 2 aliphatic rings. The molecule has 1 aromatic carbocycles. The molecule has 2 heterocycles. The fourth-order valence-electron chi connectivity index (χ4n) is 3.33. The number of nitrogens with one attached hydrogen (secondary N) is 1. The van der Waals surface area contributed by atoms with Crippen molar-refractivity contribution in [1.82, 2.24) is 4.90 Å². The van der Waals surface area contributed by atoms with Gasteiger partial charge in [0.05, 0.1) is 6.54 Å². The van der Waals surface area contributed by atoms with Crippen LogP contribution in [0.1, 0.15) is 44.1 Å². The van der Waals surface area contributed by atoms with Gasteiger partial charge >= 0.3 is 0 Å². The first-order chi connectivity index (χ1) is 12.2. The number of amides is 1. The molecule has 2 saturated heterocycles. The minimum absolute atomic E-state index is 0. The van der Waals surface area contributed by atoms with Crippen molar-refractivity contribution in [3.8, 4) is 0 Å². The van der Waals surface area contributed by atoms with Gasteiger partial charge in [0.25, 0.3) is 5.91 Å². The molecule has 0 spiro atoms. The quantitative estimate of drug-likeness (QED) is 0.401. The van der Waals surface area contributed by atoms with Crippen molar-refractivity contribution in [1.29, 1.82) is 0 Å². The molecule has 0 saturated carbocycles. The van der Waals surface area contributed by atoms with Crippen molar-refractivity contribution in [2.24, 2.45) is 10.7 Å². The molecule has 144 valence electrons. The van der Waals surface area contributed by atoms with Gasteiger partial charge in [0.15, 0.2) is 5.96 Å². The third kappa shape index (κ3) is 6.12. The summed E-state index contributed by atoms with van der Waals surface area (Å²) in [5.74, 6) is 0.554. The number of rotatable bonds is 4. The molecule has 1 aromatic rings. The Morgan fingerprint density at radius 2 is 2.00 bits per heavy atom. The molecule has 0 bridgehead atoms. The van der Waals surface area contributed by atoms with Crippen LogP contribution in [-0.2, 0) is 16.1 Å². The van der Waals surface area contributed by atoms with Gasteiger partial charge in [-0.2, -0.15) is 0 Å². The minimum Gasteiger partial charge on any atom is -0.370 e. The molecule has 26 heavy (non-hydrogen) atoms. The molecular formula is C19H29IN4O2. The van der Waals surface area contributed by atoms with Gasteiger partial charge in [-0.05, 0) is 43.4 Å². The van der Waals surface area contributed by atoms with Crippen LogP contribution in [0.25, 0.3) is 0 Å². The van der Waals surface area contributed by atoms with Crippen LogP contribution < -0.4 is 11.1 Å². The van der Waals surface area contributed by atoms with Crippen LogP contribution in [0.2, 0.25) is 0 Å². The van der Waals surface area contributed by atoms with Gasteiger partial charge in [-0.3, -0.25) is 4.79 Å². The molecule has 2 fully saturated rings. The van der Waals surface area contributed by atoms with Crippen LogP contribution >= 0.6 is 24.0 Å². The van der Waals surface area contributed by atoms with Crippen LogP contribution in [0.4, 0.5) is 5.69 Å². The standard InChI is InChI=1S/C19H28N4O2.HI/c20-19(23-10-3-1-2-4-11-23)21-14-15-7-5-8-16(13-15)22-18(24)17-9-6-12-25-17;/h5,7-8,13,17H,1-4,6,9-12,14H2,(H2,20,21)(H,22,24);1H. The summed E-state index contributed by atoms with van der Waals surface area (Å²) in [5.41, 5.74) is 7.97. The van der Waals surface area contributed by atoms with Crippen LogP contribution in [-0.4, -0.2) is 42.6 Å². The van der Waals surface area contributed by atoms with Gasteiger partial charge in [0, 0.05) is 25.4 Å². The summed E-state index contributed by atoms with van der Waals surface area (Å²) in [6.07, 6.45) is 6.33. The predicted molar refractivity (Wildman–Crippen MR) is 115 cm³/mol. The number of anilines is 1. The number of likely N-dealkylation sites (tertiary alicyclic amines) is 1. The number of guanidine groups is 1. The maximum absolute atomic E-state index is 12.1. The lowest BCUT2D eigenvalue weighted by Crippen LogP contribution is -2.38. The lowest BCUT2D eigenvalue weighted by Gasteiger charge is -2.21. The fourth-order valence-corrected chi connectivity index (χ4v) is 3.33. The van der Waals surface area contributed by atoms with Crippen molar-refractivity contribution < 1.29 is 9.53 Å². The monoisotopic (exact) mass is 472 g/mol. The summed E-state index contributed by atoms with van der Waals surface area (Å²) in [7, 11) is 0. The van der Waals surface area contributed by atoms with E-state index in [1.807, 2.05) is 24.3 Å². The molecular weight excluding hydrogens is 443 g/mol. The molecule has 7 heteroatoms. The largest absolute Gasteiger partial charge is 0.370 e. The smallest absolute Gasteiger partial charge is 0.253 e. The number of halogens is 1. The third-order valence-electron chi connectivity index (χ3n) is 4.77. The van der Waals surface area contributed by atoms with E-state index in [1.54, 1.807) is 0 Å². The Kier molecular flexibility index (Phi) is 8.64. The molecule has 0 aliphatic carbocycles. The van der Waals surface area contributed by atoms with E-state index < -0.39 is 0 Å². The van der Waals surface area contributed by atoms with Crippen LogP contribution in [0.3, 0.4) is 0 Å². The second-order valence-corrected chi connectivity index (χ2v) is 6.77. The highest BCUT2D eigenvalue weighted by Gasteiger charge is 2.23. The molecule has 3 N–H and O–H groups in total. The zero-order chi connectivity index (χ0) is 17.5. The minimum atomic E-state index is -0.319. The number of hydrogen-bond acceptors (Lipinski definition) is 3. The Hall–Kier alpha value is -1.35. The van der Waals surface area contributed by atoms with E-state index >= 15 is 0 Å². The van der Waals surface area contributed by atoms with Crippen LogP contribution in [0, 0.1) is 0 Å². The summed E-state index contributed by atoms with van der Waals surface area (Å²) in [4.78, 5) is 18.9. The number of aliphatic imine (C=N–C) groups is 1. The van der Waals surface area contributed by atoms with E-state index in [0.717, 1.165) is 37.2 Å². The molecule has 2 aliphatic heterocycles. The number of nitrogens with zero attached hydrogens (tertiary/aromatic N) is 2. The van der Waals surface area contributed by atoms with Gasteiger partial charge in [-0.1, -0.05) is 25.0 Å².